The minimum atomic E-state index is -1.29. The molecular formula is C13H12N2O4. The number of carboxylic acids is 1. The number of carbonyl (C=O) groups is 2. The van der Waals surface area contributed by atoms with Gasteiger partial charge in [0.15, 0.2) is 0 Å². The topological polar surface area (TPSA) is 102 Å². The van der Waals surface area contributed by atoms with E-state index in [0.29, 0.717) is 10.9 Å². The van der Waals surface area contributed by atoms with Crippen molar-refractivity contribution in [1.82, 2.24) is 4.57 Å². The number of para-hydroxylation sites is 1. The molecule has 0 aliphatic carbocycles. The molecule has 1 aromatic carbocycles. The predicted molar refractivity (Wildman–Crippen MR) is 69.0 cm³/mol. The number of pyridine rings is 1. The second kappa shape index (κ2) is 4.93. The number of carbonyl (C=O) groups excluding carboxylic acids is 1. The summed E-state index contributed by atoms with van der Waals surface area (Å²) in [5.74, 6) is -1.77. The first-order valence-electron chi connectivity index (χ1n) is 5.64. The van der Waals surface area contributed by atoms with E-state index in [9.17, 15) is 14.4 Å². The van der Waals surface area contributed by atoms with Gasteiger partial charge >= 0.3 is 5.97 Å². The van der Waals surface area contributed by atoms with Crippen LogP contribution in [0, 0.1) is 0 Å². The van der Waals surface area contributed by atoms with Gasteiger partial charge in [-0.2, -0.15) is 0 Å². The molecule has 0 saturated heterocycles. The molecule has 19 heavy (non-hydrogen) atoms. The highest BCUT2D eigenvalue weighted by Gasteiger charge is 2.14. The van der Waals surface area contributed by atoms with Crippen molar-refractivity contribution in [2.45, 2.75) is 13.0 Å². The summed E-state index contributed by atoms with van der Waals surface area (Å²) in [6, 6.07) is 6.66. The van der Waals surface area contributed by atoms with Gasteiger partial charge in [0.25, 0.3) is 0 Å². The smallest absolute Gasteiger partial charge is 0.341 e. The monoisotopic (exact) mass is 260 g/mol. The maximum Gasteiger partial charge on any atom is 0.341 e. The quantitative estimate of drug-likeness (QED) is 0.839. The molecule has 98 valence electrons. The van der Waals surface area contributed by atoms with Crippen LogP contribution >= 0.6 is 0 Å². The van der Waals surface area contributed by atoms with Gasteiger partial charge in [-0.3, -0.25) is 9.59 Å². The fourth-order valence-corrected chi connectivity index (χ4v) is 1.91. The van der Waals surface area contributed by atoms with Crippen LogP contribution in [0.1, 0.15) is 16.8 Å². The first-order valence-corrected chi connectivity index (χ1v) is 5.64. The van der Waals surface area contributed by atoms with E-state index in [1.54, 1.807) is 28.8 Å². The van der Waals surface area contributed by atoms with Crippen molar-refractivity contribution in [1.29, 1.82) is 0 Å². The van der Waals surface area contributed by atoms with Gasteiger partial charge in [-0.1, -0.05) is 12.1 Å². The van der Waals surface area contributed by atoms with Gasteiger partial charge in [-0.25, -0.2) is 4.79 Å². The largest absolute Gasteiger partial charge is 0.477 e. The average Bonchev–Trinajstić information content (AvgIpc) is 2.37. The number of aromatic nitrogens is 1. The van der Waals surface area contributed by atoms with E-state index in [0.717, 1.165) is 0 Å². The highest BCUT2D eigenvalue weighted by Crippen LogP contribution is 2.12. The molecule has 6 heteroatoms. The molecule has 1 amide bonds. The summed E-state index contributed by atoms with van der Waals surface area (Å²) in [5.41, 5.74) is 4.82. The molecule has 0 unspecified atom stereocenters. The molecule has 3 N–H and O–H groups in total. The Bertz CT molecular complexity index is 718. The molecule has 0 radical (unpaired) electrons. The van der Waals surface area contributed by atoms with Crippen LogP contribution in [0.25, 0.3) is 10.9 Å². The van der Waals surface area contributed by atoms with E-state index in [1.807, 2.05) is 0 Å². The van der Waals surface area contributed by atoms with Gasteiger partial charge in [0.05, 0.1) is 5.52 Å². The van der Waals surface area contributed by atoms with Crippen molar-refractivity contribution in [3.63, 3.8) is 0 Å². The predicted octanol–water partition coefficient (Wildman–Crippen LogP) is 0.575. The molecule has 0 aliphatic rings. The Hall–Kier alpha value is -2.63. The van der Waals surface area contributed by atoms with E-state index in [2.05, 4.69) is 0 Å². The lowest BCUT2D eigenvalue weighted by molar-refractivity contribution is -0.118. The van der Waals surface area contributed by atoms with Crippen molar-refractivity contribution in [3.8, 4) is 0 Å². The van der Waals surface area contributed by atoms with Gasteiger partial charge in [0.1, 0.15) is 5.56 Å². The number of hydrogen-bond acceptors (Lipinski definition) is 3. The zero-order valence-corrected chi connectivity index (χ0v) is 10.00. The van der Waals surface area contributed by atoms with E-state index in [4.69, 9.17) is 10.8 Å². The highest BCUT2D eigenvalue weighted by molar-refractivity contribution is 5.92. The van der Waals surface area contributed by atoms with Crippen LogP contribution < -0.4 is 11.2 Å². The Balaban J connectivity index is 2.67. The van der Waals surface area contributed by atoms with Crippen molar-refractivity contribution >= 4 is 22.8 Å². The van der Waals surface area contributed by atoms with Gasteiger partial charge in [-0.05, 0) is 12.1 Å². The molecule has 1 heterocycles. The van der Waals surface area contributed by atoms with Crippen molar-refractivity contribution in [3.05, 3.63) is 46.2 Å². The van der Waals surface area contributed by atoms with Crippen molar-refractivity contribution < 1.29 is 14.7 Å². The van der Waals surface area contributed by atoms with Crippen LogP contribution in [0.2, 0.25) is 0 Å². The third-order valence-electron chi connectivity index (χ3n) is 2.82. The lowest BCUT2D eigenvalue weighted by Crippen LogP contribution is -2.20. The fraction of sp³-hybridized carbons (Fsp3) is 0.154. The molecule has 2 aromatic rings. The van der Waals surface area contributed by atoms with Crippen molar-refractivity contribution in [2.75, 3.05) is 0 Å². The average molecular weight is 260 g/mol. The Kier molecular flexibility index (Phi) is 3.33. The van der Waals surface area contributed by atoms with E-state index >= 15 is 0 Å². The van der Waals surface area contributed by atoms with Gasteiger partial charge in [0.2, 0.25) is 11.3 Å². The number of rotatable bonds is 4. The number of hydrogen-bond donors (Lipinski definition) is 2. The molecule has 0 aliphatic heterocycles. The summed E-state index contributed by atoms with van der Waals surface area (Å²) < 4.78 is 1.56. The minimum Gasteiger partial charge on any atom is -0.477 e. The summed E-state index contributed by atoms with van der Waals surface area (Å²) in [5, 5.41) is 9.33. The summed E-state index contributed by atoms with van der Waals surface area (Å²) in [6.45, 7) is 0.233. The number of nitrogens with zero attached hydrogens (tertiary/aromatic N) is 1. The molecular weight excluding hydrogens is 248 g/mol. The standard InChI is InChI=1S/C13H12N2O4/c14-11(16)5-6-15-7-9(13(18)19)12(17)8-3-1-2-4-10(8)15/h1-4,7H,5-6H2,(H2,14,16)(H,18,19). The van der Waals surface area contributed by atoms with Crippen LogP contribution in [-0.2, 0) is 11.3 Å². The lowest BCUT2D eigenvalue weighted by Gasteiger charge is -2.11. The fourth-order valence-electron chi connectivity index (χ4n) is 1.91. The molecule has 0 fully saturated rings. The highest BCUT2D eigenvalue weighted by atomic mass is 16.4. The second-order valence-electron chi connectivity index (χ2n) is 4.10. The maximum atomic E-state index is 12.0. The van der Waals surface area contributed by atoms with E-state index in [1.165, 1.54) is 6.20 Å². The number of aromatic carboxylic acids is 1. The molecule has 0 bridgehead atoms. The number of carboxylic acid groups (broad SMARTS) is 1. The molecule has 0 spiro atoms. The van der Waals surface area contributed by atoms with Crippen LogP contribution in [0.3, 0.4) is 0 Å². The van der Waals surface area contributed by atoms with Gasteiger partial charge in [0, 0.05) is 24.5 Å². The third-order valence-corrected chi connectivity index (χ3v) is 2.82. The van der Waals surface area contributed by atoms with Crippen LogP contribution in [0.5, 0.6) is 0 Å². The lowest BCUT2D eigenvalue weighted by atomic mass is 10.1. The molecule has 0 saturated carbocycles. The maximum absolute atomic E-state index is 12.0. The summed E-state index contributed by atoms with van der Waals surface area (Å²) in [6.07, 6.45) is 1.32. The number of primary amides is 1. The number of benzene rings is 1. The summed E-state index contributed by atoms with van der Waals surface area (Å²) >= 11 is 0. The zero-order valence-electron chi connectivity index (χ0n) is 10.00. The summed E-state index contributed by atoms with van der Waals surface area (Å²) in [4.78, 5) is 33.9. The third kappa shape index (κ3) is 2.47. The van der Waals surface area contributed by atoms with Crippen molar-refractivity contribution in [2.24, 2.45) is 5.73 Å². The minimum absolute atomic E-state index is 0.0753. The first kappa shape index (κ1) is 12.8. The van der Waals surface area contributed by atoms with Crippen LogP contribution in [-0.4, -0.2) is 21.6 Å². The normalized spacial score (nSPS) is 10.5. The number of fused-ring (bicyclic) bond motifs is 1. The molecule has 1 aromatic heterocycles. The molecule has 6 nitrogen and oxygen atoms in total. The zero-order chi connectivity index (χ0) is 14.0. The first-order chi connectivity index (χ1) is 9.00. The van der Waals surface area contributed by atoms with E-state index < -0.39 is 17.3 Å². The van der Waals surface area contributed by atoms with Crippen LogP contribution in [0.4, 0.5) is 0 Å². The molecule has 2 rings (SSSR count). The Labute approximate surface area is 108 Å². The Morgan fingerprint density at radius 2 is 1.95 bits per heavy atom. The van der Waals surface area contributed by atoms with Gasteiger partial charge in [-0.15, -0.1) is 0 Å². The Morgan fingerprint density at radius 3 is 2.58 bits per heavy atom. The number of amides is 1. The second-order valence-corrected chi connectivity index (χ2v) is 4.10. The number of aryl methyl sites for hydroxylation is 1. The van der Waals surface area contributed by atoms with Gasteiger partial charge < -0.3 is 15.4 Å². The Morgan fingerprint density at radius 1 is 1.26 bits per heavy atom. The molecule has 0 atom stereocenters. The van der Waals surface area contributed by atoms with Crippen LogP contribution in [0.15, 0.2) is 35.3 Å². The SMILES string of the molecule is NC(=O)CCn1cc(C(=O)O)c(=O)c2ccccc21. The summed E-state index contributed by atoms with van der Waals surface area (Å²) in [7, 11) is 0. The van der Waals surface area contributed by atoms with E-state index in [-0.39, 0.29) is 18.5 Å². The number of nitrogens with two attached hydrogens (primary N) is 1.